The molecule has 1 rings (SSSR count). The van der Waals surface area contributed by atoms with Crippen molar-refractivity contribution in [3.05, 3.63) is 23.2 Å². The Labute approximate surface area is 59.8 Å². The lowest BCUT2D eigenvalue weighted by Gasteiger charge is -1.87. The van der Waals surface area contributed by atoms with Crippen LogP contribution >= 0.6 is 0 Å². The van der Waals surface area contributed by atoms with E-state index in [0.29, 0.717) is 6.42 Å². The van der Waals surface area contributed by atoms with E-state index in [1.807, 2.05) is 19.9 Å². The summed E-state index contributed by atoms with van der Waals surface area (Å²) in [6, 6.07) is 1.93. The number of hydrogen-bond donors (Lipinski definition) is 0. The molecule has 0 saturated heterocycles. The van der Waals surface area contributed by atoms with Gasteiger partial charge in [0.25, 0.3) is 0 Å². The minimum atomic E-state index is 0.389. The molecule has 0 bridgehead atoms. The van der Waals surface area contributed by atoms with E-state index in [1.165, 1.54) is 0 Å². The van der Waals surface area contributed by atoms with Gasteiger partial charge in [0.05, 0.1) is 6.42 Å². The van der Waals surface area contributed by atoms with Crippen molar-refractivity contribution in [2.45, 2.75) is 20.3 Å². The Bertz CT molecular complexity index is 235. The summed E-state index contributed by atoms with van der Waals surface area (Å²) >= 11 is 0. The van der Waals surface area contributed by atoms with Gasteiger partial charge < -0.3 is 9.21 Å². The van der Waals surface area contributed by atoms with E-state index in [0.717, 1.165) is 23.4 Å². The molecule has 2 heteroatoms. The van der Waals surface area contributed by atoms with Gasteiger partial charge >= 0.3 is 0 Å². The molecule has 54 valence electrons. The number of carbonyl (C=O) groups is 1. The van der Waals surface area contributed by atoms with Crippen LogP contribution in [0, 0.1) is 13.8 Å². The lowest BCUT2D eigenvalue weighted by molar-refractivity contribution is -0.107. The Morgan fingerprint density at radius 3 is 2.70 bits per heavy atom. The Morgan fingerprint density at radius 2 is 2.30 bits per heavy atom. The van der Waals surface area contributed by atoms with Gasteiger partial charge in [-0.1, -0.05) is 0 Å². The van der Waals surface area contributed by atoms with Gasteiger partial charge in [-0.3, -0.25) is 0 Å². The van der Waals surface area contributed by atoms with Crippen LogP contribution in [0.4, 0.5) is 0 Å². The summed E-state index contributed by atoms with van der Waals surface area (Å²) in [5.41, 5.74) is 1.06. The van der Waals surface area contributed by atoms with Gasteiger partial charge in [0.2, 0.25) is 0 Å². The lowest BCUT2D eigenvalue weighted by Crippen LogP contribution is -1.83. The van der Waals surface area contributed by atoms with Crippen molar-refractivity contribution in [3.63, 3.8) is 0 Å². The highest BCUT2D eigenvalue weighted by atomic mass is 16.3. The van der Waals surface area contributed by atoms with Gasteiger partial charge in [-0.2, -0.15) is 0 Å². The molecule has 0 atom stereocenters. The van der Waals surface area contributed by atoms with E-state index in [4.69, 9.17) is 4.42 Å². The summed E-state index contributed by atoms with van der Waals surface area (Å²) in [6.07, 6.45) is 1.24. The molecule has 0 aliphatic rings. The maximum atomic E-state index is 10.1. The van der Waals surface area contributed by atoms with Crippen LogP contribution in [0.3, 0.4) is 0 Å². The molecule has 0 radical (unpaired) electrons. The Morgan fingerprint density at radius 1 is 1.60 bits per heavy atom. The van der Waals surface area contributed by atoms with Crippen molar-refractivity contribution in [2.24, 2.45) is 0 Å². The molecule has 1 aromatic heterocycles. The van der Waals surface area contributed by atoms with E-state index in [-0.39, 0.29) is 0 Å². The minimum Gasteiger partial charge on any atom is -0.466 e. The monoisotopic (exact) mass is 138 g/mol. The van der Waals surface area contributed by atoms with E-state index in [2.05, 4.69) is 0 Å². The third kappa shape index (κ3) is 1.26. The van der Waals surface area contributed by atoms with Crippen LogP contribution in [0.2, 0.25) is 0 Å². The Balaban J connectivity index is 2.91. The molecule has 0 aliphatic heterocycles. The molecular formula is C8H10O2. The number of furan rings is 1. The summed E-state index contributed by atoms with van der Waals surface area (Å²) in [7, 11) is 0. The fraction of sp³-hybridized carbons (Fsp3) is 0.375. The molecule has 1 heterocycles. The predicted molar refractivity (Wildman–Crippen MR) is 38.0 cm³/mol. The molecule has 0 unspecified atom stereocenters. The minimum absolute atomic E-state index is 0.389. The zero-order chi connectivity index (χ0) is 7.56. The van der Waals surface area contributed by atoms with Gasteiger partial charge in [0, 0.05) is 0 Å². The standard InChI is InChI=1S/C8H10O2/c1-6-5-7(2)10-8(6)3-4-9/h4-5H,3H2,1-2H3. The summed E-state index contributed by atoms with van der Waals surface area (Å²) in [4.78, 5) is 10.1. The third-order valence-electron chi connectivity index (χ3n) is 1.41. The molecular weight excluding hydrogens is 128 g/mol. The van der Waals surface area contributed by atoms with Crippen molar-refractivity contribution >= 4 is 6.29 Å². The highest BCUT2D eigenvalue weighted by Gasteiger charge is 2.02. The predicted octanol–water partition coefficient (Wildman–Crippen LogP) is 1.64. The SMILES string of the molecule is Cc1cc(C)c(CC=O)o1. The first-order valence-corrected chi connectivity index (χ1v) is 3.23. The average Bonchev–Trinajstić information content (AvgIpc) is 2.13. The quantitative estimate of drug-likeness (QED) is 0.581. The van der Waals surface area contributed by atoms with E-state index >= 15 is 0 Å². The van der Waals surface area contributed by atoms with Gasteiger partial charge in [0.15, 0.2) is 0 Å². The summed E-state index contributed by atoms with van der Waals surface area (Å²) in [5.74, 6) is 1.65. The average molecular weight is 138 g/mol. The maximum Gasteiger partial charge on any atom is 0.127 e. The van der Waals surface area contributed by atoms with Crippen LogP contribution in [0.5, 0.6) is 0 Å². The van der Waals surface area contributed by atoms with E-state index in [9.17, 15) is 4.79 Å². The summed E-state index contributed by atoms with van der Waals surface area (Å²) < 4.78 is 5.22. The van der Waals surface area contributed by atoms with Crippen molar-refractivity contribution in [3.8, 4) is 0 Å². The second kappa shape index (κ2) is 2.69. The van der Waals surface area contributed by atoms with Crippen molar-refractivity contribution in [1.29, 1.82) is 0 Å². The van der Waals surface area contributed by atoms with E-state index in [1.54, 1.807) is 0 Å². The van der Waals surface area contributed by atoms with Crippen LogP contribution < -0.4 is 0 Å². The third-order valence-corrected chi connectivity index (χ3v) is 1.41. The molecule has 2 nitrogen and oxygen atoms in total. The van der Waals surface area contributed by atoms with Crippen LogP contribution in [0.15, 0.2) is 10.5 Å². The number of aldehydes is 1. The molecule has 10 heavy (non-hydrogen) atoms. The topological polar surface area (TPSA) is 30.2 Å². The highest BCUT2D eigenvalue weighted by Crippen LogP contribution is 2.12. The van der Waals surface area contributed by atoms with E-state index < -0.39 is 0 Å². The smallest absolute Gasteiger partial charge is 0.127 e. The Kier molecular flexibility index (Phi) is 1.90. The Hall–Kier alpha value is -1.05. The zero-order valence-electron chi connectivity index (χ0n) is 6.18. The summed E-state index contributed by atoms with van der Waals surface area (Å²) in [6.45, 7) is 3.82. The fourth-order valence-electron chi connectivity index (χ4n) is 0.968. The second-order valence-electron chi connectivity index (χ2n) is 2.33. The molecule has 0 N–H and O–H groups in total. The number of aryl methyl sites for hydroxylation is 2. The van der Waals surface area contributed by atoms with Crippen molar-refractivity contribution in [2.75, 3.05) is 0 Å². The molecule has 0 fully saturated rings. The molecule has 1 aromatic rings. The number of carbonyl (C=O) groups excluding carboxylic acids is 1. The largest absolute Gasteiger partial charge is 0.466 e. The van der Waals surface area contributed by atoms with Crippen LogP contribution in [-0.4, -0.2) is 6.29 Å². The lowest BCUT2D eigenvalue weighted by atomic mass is 10.2. The first kappa shape index (κ1) is 7.06. The highest BCUT2D eigenvalue weighted by molar-refractivity contribution is 5.54. The second-order valence-corrected chi connectivity index (χ2v) is 2.33. The first-order valence-electron chi connectivity index (χ1n) is 3.23. The normalized spacial score (nSPS) is 9.80. The molecule has 0 saturated carbocycles. The fourth-order valence-corrected chi connectivity index (χ4v) is 0.968. The molecule has 0 spiro atoms. The van der Waals surface area contributed by atoms with Gasteiger partial charge in [-0.15, -0.1) is 0 Å². The van der Waals surface area contributed by atoms with Crippen molar-refractivity contribution in [1.82, 2.24) is 0 Å². The summed E-state index contributed by atoms with van der Waals surface area (Å²) in [5, 5.41) is 0. The number of rotatable bonds is 2. The molecule has 0 aromatic carbocycles. The molecule has 0 aliphatic carbocycles. The van der Waals surface area contributed by atoms with Crippen LogP contribution in [0.1, 0.15) is 17.1 Å². The van der Waals surface area contributed by atoms with Crippen LogP contribution in [0.25, 0.3) is 0 Å². The number of hydrogen-bond acceptors (Lipinski definition) is 2. The maximum absolute atomic E-state index is 10.1. The first-order chi connectivity index (χ1) is 4.74. The zero-order valence-corrected chi connectivity index (χ0v) is 6.18. The van der Waals surface area contributed by atoms with Gasteiger partial charge in [-0.05, 0) is 25.5 Å². The van der Waals surface area contributed by atoms with Crippen molar-refractivity contribution < 1.29 is 9.21 Å². The van der Waals surface area contributed by atoms with Crippen LogP contribution in [-0.2, 0) is 11.2 Å². The molecule has 0 amide bonds. The van der Waals surface area contributed by atoms with Gasteiger partial charge in [0.1, 0.15) is 17.8 Å². The van der Waals surface area contributed by atoms with Gasteiger partial charge in [-0.25, -0.2) is 0 Å².